The molecule has 0 atom stereocenters. The summed E-state index contributed by atoms with van der Waals surface area (Å²) in [5.74, 6) is -0.124. The van der Waals surface area contributed by atoms with Crippen molar-refractivity contribution in [3.8, 4) is 11.1 Å². The van der Waals surface area contributed by atoms with Crippen LogP contribution >= 0.6 is 0 Å². The Morgan fingerprint density at radius 1 is 1.42 bits per heavy atom. The van der Waals surface area contributed by atoms with Crippen molar-refractivity contribution < 1.29 is 4.79 Å². The number of aromatic nitrogens is 2. The van der Waals surface area contributed by atoms with Gasteiger partial charge < -0.3 is 11.1 Å². The van der Waals surface area contributed by atoms with Gasteiger partial charge in [-0.15, -0.1) is 0 Å². The van der Waals surface area contributed by atoms with Crippen LogP contribution in [0.1, 0.15) is 24.2 Å². The average molecular weight is 258 g/mol. The number of hydrogen-bond acceptors (Lipinski definition) is 3. The number of carbonyl (C=O) groups excluding carboxylic acids is 1. The lowest BCUT2D eigenvalue weighted by molar-refractivity contribution is 0.0944. The van der Waals surface area contributed by atoms with Crippen molar-refractivity contribution in [1.29, 1.82) is 0 Å². The number of amides is 1. The molecule has 0 saturated carbocycles. The van der Waals surface area contributed by atoms with Gasteiger partial charge in [0.2, 0.25) is 0 Å². The van der Waals surface area contributed by atoms with E-state index in [1.54, 1.807) is 29.1 Å². The molecule has 1 aromatic heterocycles. The summed E-state index contributed by atoms with van der Waals surface area (Å²) in [5, 5.41) is 7.01. The van der Waals surface area contributed by atoms with E-state index in [4.69, 9.17) is 5.73 Å². The van der Waals surface area contributed by atoms with Crippen LogP contribution in [0.15, 0.2) is 30.6 Å². The first kappa shape index (κ1) is 13.1. The van der Waals surface area contributed by atoms with Crippen LogP contribution in [0.2, 0.25) is 0 Å². The average Bonchev–Trinajstić information content (AvgIpc) is 2.74. The van der Waals surface area contributed by atoms with Crippen molar-refractivity contribution in [2.45, 2.75) is 19.9 Å². The van der Waals surface area contributed by atoms with E-state index in [-0.39, 0.29) is 11.9 Å². The lowest BCUT2D eigenvalue weighted by atomic mass is 9.99. The fourth-order valence-corrected chi connectivity index (χ4v) is 1.97. The van der Waals surface area contributed by atoms with Gasteiger partial charge in [-0.05, 0) is 26.0 Å². The molecule has 2 aromatic rings. The highest BCUT2D eigenvalue weighted by Crippen LogP contribution is 2.29. The minimum Gasteiger partial charge on any atom is -0.398 e. The van der Waals surface area contributed by atoms with E-state index in [0.29, 0.717) is 11.3 Å². The summed E-state index contributed by atoms with van der Waals surface area (Å²) in [6, 6.07) is 5.42. The molecule has 0 unspecified atom stereocenters. The molecule has 0 aliphatic rings. The third-order valence-electron chi connectivity index (χ3n) is 2.75. The first-order valence-corrected chi connectivity index (χ1v) is 6.17. The Balaban J connectivity index is 2.50. The molecular formula is C14H18N4O. The minimum atomic E-state index is -0.124. The number of nitrogens with zero attached hydrogens (tertiary/aromatic N) is 2. The van der Waals surface area contributed by atoms with Crippen molar-refractivity contribution >= 4 is 11.6 Å². The number of aryl methyl sites for hydroxylation is 1. The van der Waals surface area contributed by atoms with E-state index in [2.05, 4.69) is 10.4 Å². The van der Waals surface area contributed by atoms with Gasteiger partial charge in [0.25, 0.3) is 5.91 Å². The Hall–Kier alpha value is -2.30. The summed E-state index contributed by atoms with van der Waals surface area (Å²) in [6.07, 6.45) is 3.55. The first-order valence-electron chi connectivity index (χ1n) is 6.17. The van der Waals surface area contributed by atoms with Crippen molar-refractivity contribution in [2.75, 3.05) is 5.73 Å². The molecule has 0 bridgehead atoms. The van der Waals surface area contributed by atoms with E-state index in [1.807, 2.05) is 27.1 Å². The lowest BCUT2D eigenvalue weighted by Crippen LogP contribution is -2.30. The van der Waals surface area contributed by atoms with Gasteiger partial charge in [-0.25, -0.2) is 0 Å². The van der Waals surface area contributed by atoms with Gasteiger partial charge in [-0.2, -0.15) is 5.10 Å². The maximum atomic E-state index is 12.2. The Morgan fingerprint density at radius 3 is 2.74 bits per heavy atom. The maximum Gasteiger partial charge on any atom is 0.252 e. The molecule has 5 heteroatoms. The van der Waals surface area contributed by atoms with Crippen LogP contribution in [-0.4, -0.2) is 21.7 Å². The third kappa shape index (κ3) is 2.76. The molecule has 3 N–H and O–H groups in total. The summed E-state index contributed by atoms with van der Waals surface area (Å²) in [6.45, 7) is 3.85. The predicted octanol–water partition coefficient (Wildman–Crippen LogP) is 1.81. The molecule has 2 rings (SSSR count). The van der Waals surface area contributed by atoms with Gasteiger partial charge >= 0.3 is 0 Å². The van der Waals surface area contributed by atoms with Crippen LogP contribution in [0.25, 0.3) is 11.1 Å². The standard InChI is InChI=1S/C14H18N4O/c1-9(2)17-14(19)11-5-4-6-12(15)13(11)10-7-16-18(3)8-10/h4-9H,15H2,1-3H3,(H,17,19). The zero-order valence-electron chi connectivity index (χ0n) is 11.3. The molecule has 100 valence electrons. The van der Waals surface area contributed by atoms with Crippen molar-refractivity contribution in [3.63, 3.8) is 0 Å². The van der Waals surface area contributed by atoms with Gasteiger partial charge in [-0.1, -0.05) is 6.07 Å². The molecular weight excluding hydrogens is 240 g/mol. The monoisotopic (exact) mass is 258 g/mol. The predicted molar refractivity (Wildman–Crippen MR) is 75.7 cm³/mol. The Morgan fingerprint density at radius 2 is 2.16 bits per heavy atom. The van der Waals surface area contributed by atoms with Gasteiger partial charge in [0.05, 0.1) is 6.20 Å². The summed E-state index contributed by atoms with van der Waals surface area (Å²) in [4.78, 5) is 12.2. The highest BCUT2D eigenvalue weighted by Gasteiger charge is 2.16. The molecule has 1 aromatic carbocycles. The quantitative estimate of drug-likeness (QED) is 0.825. The number of benzene rings is 1. The van der Waals surface area contributed by atoms with Crippen LogP contribution in [0.3, 0.4) is 0 Å². The first-order chi connectivity index (χ1) is 8.99. The van der Waals surface area contributed by atoms with Gasteiger partial charge in [-0.3, -0.25) is 9.48 Å². The number of anilines is 1. The second-order valence-electron chi connectivity index (χ2n) is 4.80. The second kappa shape index (κ2) is 5.14. The summed E-state index contributed by atoms with van der Waals surface area (Å²) >= 11 is 0. The molecule has 1 heterocycles. The fraction of sp³-hybridized carbons (Fsp3) is 0.286. The molecule has 1 amide bonds. The second-order valence-corrected chi connectivity index (χ2v) is 4.80. The number of hydrogen-bond donors (Lipinski definition) is 2. The van der Waals surface area contributed by atoms with Gasteiger partial charge in [0, 0.05) is 41.7 Å². The molecule has 0 radical (unpaired) electrons. The summed E-state index contributed by atoms with van der Waals surface area (Å²) in [5.41, 5.74) is 8.73. The van der Waals surface area contributed by atoms with Crippen LogP contribution in [0.5, 0.6) is 0 Å². The number of rotatable bonds is 3. The molecule has 0 spiro atoms. The van der Waals surface area contributed by atoms with Crippen LogP contribution < -0.4 is 11.1 Å². The van der Waals surface area contributed by atoms with Crippen molar-refractivity contribution in [3.05, 3.63) is 36.2 Å². The largest absolute Gasteiger partial charge is 0.398 e. The molecule has 0 fully saturated rings. The lowest BCUT2D eigenvalue weighted by Gasteiger charge is -2.13. The van der Waals surface area contributed by atoms with Gasteiger partial charge in [0.1, 0.15) is 0 Å². The Labute approximate surface area is 112 Å². The SMILES string of the molecule is CC(C)NC(=O)c1cccc(N)c1-c1cnn(C)c1. The van der Waals surface area contributed by atoms with E-state index in [9.17, 15) is 4.79 Å². The van der Waals surface area contributed by atoms with E-state index >= 15 is 0 Å². The Kier molecular flexibility index (Phi) is 3.55. The van der Waals surface area contributed by atoms with E-state index < -0.39 is 0 Å². The number of nitrogens with two attached hydrogens (primary N) is 1. The van der Waals surface area contributed by atoms with E-state index in [1.165, 1.54) is 0 Å². The smallest absolute Gasteiger partial charge is 0.252 e. The summed E-state index contributed by atoms with van der Waals surface area (Å²) in [7, 11) is 1.83. The Bertz CT molecular complexity index is 601. The normalized spacial score (nSPS) is 10.7. The molecule has 0 saturated heterocycles. The van der Waals surface area contributed by atoms with E-state index in [0.717, 1.165) is 11.1 Å². The third-order valence-corrected chi connectivity index (χ3v) is 2.75. The number of nitrogen functional groups attached to an aromatic ring is 1. The zero-order valence-corrected chi connectivity index (χ0v) is 11.3. The molecule has 0 aliphatic carbocycles. The minimum absolute atomic E-state index is 0.0793. The molecule has 5 nitrogen and oxygen atoms in total. The summed E-state index contributed by atoms with van der Waals surface area (Å²) < 4.78 is 1.69. The fourth-order valence-electron chi connectivity index (χ4n) is 1.97. The zero-order chi connectivity index (χ0) is 14.0. The highest BCUT2D eigenvalue weighted by molar-refractivity contribution is 6.03. The molecule has 0 aliphatic heterocycles. The number of carbonyl (C=O) groups is 1. The topological polar surface area (TPSA) is 72.9 Å². The van der Waals surface area contributed by atoms with Crippen molar-refractivity contribution in [2.24, 2.45) is 7.05 Å². The van der Waals surface area contributed by atoms with Crippen LogP contribution in [0.4, 0.5) is 5.69 Å². The van der Waals surface area contributed by atoms with Crippen LogP contribution in [-0.2, 0) is 7.05 Å². The van der Waals surface area contributed by atoms with Crippen LogP contribution in [0, 0.1) is 0 Å². The maximum absolute atomic E-state index is 12.2. The number of nitrogens with one attached hydrogen (secondary N) is 1. The molecule has 19 heavy (non-hydrogen) atoms. The van der Waals surface area contributed by atoms with Gasteiger partial charge in [0.15, 0.2) is 0 Å². The highest BCUT2D eigenvalue weighted by atomic mass is 16.1. The van der Waals surface area contributed by atoms with Crippen molar-refractivity contribution in [1.82, 2.24) is 15.1 Å².